The monoisotopic (exact) mass is 458 g/mol. The number of nitrogens with zero attached hydrogens (tertiary/aromatic N) is 5. The van der Waals surface area contributed by atoms with Crippen molar-refractivity contribution < 1.29 is 9.53 Å². The first-order valence-corrected chi connectivity index (χ1v) is 11.7. The minimum absolute atomic E-state index is 0.138. The Morgan fingerprint density at radius 3 is 2.21 bits per heavy atom. The standard InChI is InChI=1S/C11H11N5O.C11H21NO2.C2H6/c1-7-3-13-16-6-9(14-11(17)10(7)16)8-4-12-15(2)5-8;1-11(2,3)14-10(13)12-8-6-4-5-7-9-12;1-2/h3-6H,1-2H3,(H,14,17);4-9H2,1-3H3;1-2H3. The predicted molar refractivity (Wildman–Crippen MR) is 130 cm³/mol. The number of likely N-dealkylation sites (tertiary alicyclic amines) is 1. The van der Waals surface area contributed by atoms with E-state index < -0.39 is 0 Å². The third-order valence-electron chi connectivity index (χ3n) is 4.97. The van der Waals surface area contributed by atoms with Crippen molar-refractivity contribution in [1.29, 1.82) is 0 Å². The summed E-state index contributed by atoms with van der Waals surface area (Å²) < 4.78 is 8.60. The van der Waals surface area contributed by atoms with Gasteiger partial charge in [-0.15, -0.1) is 0 Å². The van der Waals surface area contributed by atoms with E-state index >= 15 is 0 Å². The summed E-state index contributed by atoms with van der Waals surface area (Å²) in [7, 11) is 1.83. The molecular weight excluding hydrogens is 420 g/mol. The molecule has 182 valence electrons. The molecule has 4 heterocycles. The summed E-state index contributed by atoms with van der Waals surface area (Å²) in [6.45, 7) is 13.3. The molecular formula is C24H38N6O3. The fourth-order valence-corrected chi connectivity index (χ4v) is 3.45. The first kappa shape index (κ1) is 26.2. The van der Waals surface area contributed by atoms with Crippen LogP contribution in [0.1, 0.15) is 65.9 Å². The highest BCUT2D eigenvalue weighted by molar-refractivity contribution is 5.68. The van der Waals surface area contributed by atoms with Gasteiger partial charge in [-0.25, -0.2) is 9.31 Å². The van der Waals surface area contributed by atoms with E-state index in [1.807, 2.05) is 59.7 Å². The second kappa shape index (κ2) is 11.7. The Kier molecular flexibility index (Phi) is 9.25. The van der Waals surface area contributed by atoms with E-state index in [0.29, 0.717) is 11.2 Å². The number of nitrogens with one attached hydrogen (secondary N) is 1. The number of fused-ring (bicyclic) bond motifs is 1. The number of carbonyl (C=O) groups excluding carboxylic acids is 1. The number of rotatable bonds is 1. The van der Waals surface area contributed by atoms with E-state index in [1.54, 1.807) is 27.8 Å². The topological polar surface area (TPSA) is 97.5 Å². The molecule has 4 rings (SSSR count). The van der Waals surface area contributed by atoms with Crippen molar-refractivity contribution in [3.05, 3.63) is 40.7 Å². The van der Waals surface area contributed by atoms with Gasteiger partial charge in [0, 0.05) is 37.5 Å². The smallest absolute Gasteiger partial charge is 0.410 e. The molecule has 0 saturated carbocycles. The van der Waals surface area contributed by atoms with Crippen LogP contribution >= 0.6 is 0 Å². The summed E-state index contributed by atoms with van der Waals surface area (Å²) in [5.41, 5.74) is 2.50. The van der Waals surface area contributed by atoms with Crippen molar-refractivity contribution in [3.8, 4) is 11.3 Å². The SMILES string of the molecule is CC.CC(C)(C)OC(=O)N1CCCCCC1.Cc1cnn2cc(-c3cnn(C)c3)[nH]c(=O)c12. The molecule has 0 spiro atoms. The highest BCUT2D eigenvalue weighted by Crippen LogP contribution is 2.16. The summed E-state index contributed by atoms with van der Waals surface area (Å²) in [6, 6.07) is 0. The fourth-order valence-electron chi connectivity index (χ4n) is 3.45. The van der Waals surface area contributed by atoms with E-state index in [-0.39, 0.29) is 17.3 Å². The molecule has 1 N–H and O–H groups in total. The van der Waals surface area contributed by atoms with Crippen LogP contribution in [0, 0.1) is 6.92 Å². The second-order valence-corrected chi connectivity index (χ2v) is 8.90. The third-order valence-corrected chi connectivity index (χ3v) is 4.97. The van der Waals surface area contributed by atoms with Crippen molar-refractivity contribution in [3.63, 3.8) is 0 Å². The molecule has 1 amide bonds. The number of hydrogen-bond acceptors (Lipinski definition) is 5. The van der Waals surface area contributed by atoms with Crippen LogP contribution in [-0.4, -0.2) is 54.1 Å². The highest BCUT2D eigenvalue weighted by Gasteiger charge is 2.22. The minimum Gasteiger partial charge on any atom is -0.444 e. The van der Waals surface area contributed by atoms with Crippen LogP contribution in [0.15, 0.2) is 29.6 Å². The highest BCUT2D eigenvalue weighted by atomic mass is 16.6. The molecule has 3 aromatic heterocycles. The summed E-state index contributed by atoms with van der Waals surface area (Å²) in [5.74, 6) is 0. The van der Waals surface area contributed by atoms with Gasteiger partial charge in [-0.1, -0.05) is 26.7 Å². The van der Waals surface area contributed by atoms with Gasteiger partial charge in [-0.05, 0) is 40.5 Å². The second-order valence-electron chi connectivity index (χ2n) is 8.90. The van der Waals surface area contributed by atoms with E-state index in [9.17, 15) is 9.59 Å². The number of hydrogen-bond donors (Lipinski definition) is 1. The Balaban J connectivity index is 0.000000222. The molecule has 1 saturated heterocycles. The number of amides is 1. The molecule has 0 aliphatic carbocycles. The molecule has 0 aromatic carbocycles. The maximum Gasteiger partial charge on any atom is 0.410 e. The predicted octanol–water partition coefficient (Wildman–Crippen LogP) is 4.56. The molecule has 0 unspecified atom stereocenters. The Bertz CT molecular complexity index is 1080. The van der Waals surface area contributed by atoms with E-state index in [2.05, 4.69) is 15.2 Å². The number of carbonyl (C=O) groups is 1. The van der Waals surface area contributed by atoms with Crippen molar-refractivity contribution in [2.75, 3.05) is 13.1 Å². The third kappa shape index (κ3) is 7.47. The molecule has 0 atom stereocenters. The number of aromatic nitrogens is 5. The largest absolute Gasteiger partial charge is 0.444 e. The van der Waals surface area contributed by atoms with Gasteiger partial charge < -0.3 is 14.6 Å². The van der Waals surface area contributed by atoms with Crippen LogP contribution in [0.3, 0.4) is 0 Å². The van der Waals surface area contributed by atoms with E-state index in [1.165, 1.54) is 12.8 Å². The summed E-state index contributed by atoms with van der Waals surface area (Å²) in [6.07, 6.45) is 11.6. The molecule has 1 aliphatic heterocycles. The molecule has 33 heavy (non-hydrogen) atoms. The van der Waals surface area contributed by atoms with Crippen LogP contribution in [0.25, 0.3) is 16.8 Å². The van der Waals surface area contributed by atoms with E-state index in [0.717, 1.165) is 37.1 Å². The Labute approximate surface area is 195 Å². The molecule has 0 radical (unpaired) electrons. The first-order chi connectivity index (χ1) is 15.6. The lowest BCUT2D eigenvalue weighted by Gasteiger charge is -2.26. The average Bonchev–Trinajstić information content (AvgIpc) is 3.24. The van der Waals surface area contributed by atoms with Gasteiger partial charge in [-0.2, -0.15) is 10.2 Å². The van der Waals surface area contributed by atoms with Gasteiger partial charge in [0.05, 0.1) is 24.3 Å². The Morgan fingerprint density at radius 1 is 1.03 bits per heavy atom. The first-order valence-electron chi connectivity index (χ1n) is 11.7. The summed E-state index contributed by atoms with van der Waals surface area (Å²) in [5, 5.41) is 8.21. The lowest BCUT2D eigenvalue weighted by atomic mass is 10.2. The maximum atomic E-state index is 11.9. The van der Waals surface area contributed by atoms with Crippen LogP contribution in [0.2, 0.25) is 0 Å². The van der Waals surface area contributed by atoms with Gasteiger partial charge >= 0.3 is 6.09 Å². The minimum atomic E-state index is -0.372. The molecule has 0 bridgehead atoms. The van der Waals surface area contributed by atoms with Crippen molar-refractivity contribution in [1.82, 2.24) is 29.3 Å². The van der Waals surface area contributed by atoms with Crippen molar-refractivity contribution in [2.45, 2.75) is 72.8 Å². The average molecular weight is 459 g/mol. The van der Waals surface area contributed by atoms with Gasteiger partial charge in [0.25, 0.3) is 5.56 Å². The van der Waals surface area contributed by atoms with Crippen LogP contribution in [0.5, 0.6) is 0 Å². The van der Waals surface area contributed by atoms with Crippen molar-refractivity contribution in [2.24, 2.45) is 7.05 Å². The fraction of sp³-hybridized carbons (Fsp3) is 0.583. The zero-order valence-electron chi connectivity index (χ0n) is 21.0. The van der Waals surface area contributed by atoms with Gasteiger partial charge in [0.2, 0.25) is 0 Å². The van der Waals surface area contributed by atoms with Crippen molar-refractivity contribution >= 4 is 11.6 Å². The zero-order valence-corrected chi connectivity index (χ0v) is 21.0. The lowest BCUT2D eigenvalue weighted by molar-refractivity contribution is 0.0257. The molecule has 3 aromatic rings. The van der Waals surface area contributed by atoms with Gasteiger partial charge in [0.1, 0.15) is 11.1 Å². The zero-order chi connectivity index (χ0) is 24.6. The summed E-state index contributed by atoms with van der Waals surface area (Å²) in [4.78, 5) is 28.3. The number of H-pyrrole nitrogens is 1. The number of aromatic amines is 1. The number of ether oxygens (including phenoxy) is 1. The van der Waals surface area contributed by atoms with E-state index in [4.69, 9.17) is 4.74 Å². The Morgan fingerprint density at radius 2 is 1.67 bits per heavy atom. The van der Waals surface area contributed by atoms with Crippen LogP contribution in [0.4, 0.5) is 4.79 Å². The quantitative estimate of drug-likeness (QED) is 0.577. The van der Waals surface area contributed by atoms with Crippen LogP contribution < -0.4 is 5.56 Å². The number of aryl methyl sites for hydroxylation is 2. The molecule has 9 heteroatoms. The van der Waals surface area contributed by atoms with Crippen LogP contribution in [-0.2, 0) is 11.8 Å². The maximum absolute atomic E-state index is 11.9. The molecule has 1 aliphatic rings. The Hall–Kier alpha value is -3.10. The summed E-state index contributed by atoms with van der Waals surface area (Å²) >= 11 is 0. The normalized spacial score (nSPS) is 14.0. The van der Waals surface area contributed by atoms with Gasteiger partial charge in [0.15, 0.2) is 0 Å². The molecule has 1 fully saturated rings. The lowest BCUT2D eigenvalue weighted by Crippen LogP contribution is -2.37. The molecule has 9 nitrogen and oxygen atoms in total. The van der Waals surface area contributed by atoms with Gasteiger partial charge in [-0.3, -0.25) is 9.48 Å².